The van der Waals surface area contributed by atoms with E-state index in [9.17, 15) is 9.59 Å². The van der Waals surface area contributed by atoms with E-state index >= 15 is 0 Å². The van der Waals surface area contributed by atoms with E-state index < -0.39 is 18.0 Å². The summed E-state index contributed by atoms with van der Waals surface area (Å²) in [5, 5.41) is 6.58. The highest BCUT2D eigenvalue weighted by atomic mass is 35.5. The summed E-state index contributed by atoms with van der Waals surface area (Å²) in [6.45, 7) is 3.51. The van der Waals surface area contributed by atoms with Crippen LogP contribution in [0.15, 0.2) is 84.0 Å². The molecule has 182 valence electrons. The number of halogens is 2. The van der Waals surface area contributed by atoms with Crippen LogP contribution in [-0.4, -0.2) is 24.2 Å². The van der Waals surface area contributed by atoms with Crippen LogP contribution in [0.2, 0.25) is 10.0 Å². The number of hydrogen-bond donors (Lipinski definition) is 1. The highest BCUT2D eigenvalue weighted by Gasteiger charge is 2.17. The van der Waals surface area contributed by atoms with E-state index in [2.05, 4.69) is 10.5 Å². The molecule has 1 N–H and O–H groups in total. The van der Waals surface area contributed by atoms with Crippen molar-refractivity contribution in [1.82, 2.24) is 5.43 Å². The Kier molecular flexibility index (Phi) is 7.88. The van der Waals surface area contributed by atoms with Gasteiger partial charge in [-0.15, -0.1) is 0 Å². The minimum Gasteiger partial charge on any atom is -0.479 e. The third kappa shape index (κ3) is 6.03. The largest absolute Gasteiger partial charge is 0.479 e. The van der Waals surface area contributed by atoms with Gasteiger partial charge in [-0.25, -0.2) is 10.2 Å². The molecule has 0 aliphatic rings. The molecule has 4 aromatic rings. The van der Waals surface area contributed by atoms with E-state index in [1.54, 1.807) is 37.3 Å². The first-order valence-electron chi connectivity index (χ1n) is 11.1. The van der Waals surface area contributed by atoms with Crippen LogP contribution in [0.25, 0.3) is 10.8 Å². The van der Waals surface area contributed by atoms with Crippen LogP contribution in [0.1, 0.15) is 28.4 Å². The minimum absolute atomic E-state index is 0.293. The quantitative estimate of drug-likeness (QED) is 0.129. The molecule has 4 aromatic carbocycles. The smallest absolute Gasteiger partial charge is 0.343 e. The molecule has 0 bridgehead atoms. The van der Waals surface area contributed by atoms with E-state index in [0.717, 1.165) is 16.3 Å². The van der Waals surface area contributed by atoms with Gasteiger partial charge < -0.3 is 9.47 Å². The van der Waals surface area contributed by atoms with Gasteiger partial charge in [0.25, 0.3) is 5.91 Å². The van der Waals surface area contributed by atoms with Gasteiger partial charge in [0.05, 0.1) is 16.8 Å². The van der Waals surface area contributed by atoms with Gasteiger partial charge in [0.2, 0.25) is 0 Å². The molecule has 0 aliphatic carbocycles. The number of amides is 1. The lowest BCUT2D eigenvalue weighted by Crippen LogP contribution is -2.33. The van der Waals surface area contributed by atoms with Gasteiger partial charge in [0, 0.05) is 10.6 Å². The summed E-state index contributed by atoms with van der Waals surface area (Å²) in [6, 6.07) is 23.0. The topological polar surface area (TPSA) is 77.0 Å². The Balaban J connectivity index is 1.53. The number of benzene rings is 4. The van der Waals surface area contributed by atoms with Crippen LogP contribution in [0.4, 0.5) is 0 Å². The van der Waals surface area contributed by atoms with Gasteiger partial charge in [0.1, 0.15) is 11.5 Å². The second-order valence-electron chi connectivity index (χ2n) is 8.02. The lowest BCUT2D eigenvalue weighted by Gasteiger charge is -2.14. The van der Waals surface area contributed by atoms with Gasteiger partial charge >= 0.3 is 5.97 Å². The van der Waals surface area contributed by atoms with Crippen LogP contribution in [0.5, 0.6) is 11.5 Å². The second kappa shape index (κ2) is 11.2. The fraction of sp³-hybridized carbons (Fsp3) is 0.107. The number of nitrogens with one attached hydrogen (secondary N) is 1. The molecule has 4 rings (SSSR count). The average Bonchev–Trinajstić information content (AvgIpc) is 2.87. The van der Waals surface area contributed by atoms with Crippen LogP contribution in [0, 0.1) is 6.92 Å². The molecule has 0 aromatic heterocycles. The average molecular weight is 521 g/mol. The lowest BCUT2D eigenvalue weighted by atomic mass is 10.0. The van der Waals surface area contributed by atoms with Crippen molar-refractivity contribution in [3.8, 4) is 11.5 Å². The Hall–Kier alpha value is -3.87. The first-order chi connectivity index (χ1) is 17.3. The summed E-state index contributed by atoms with van der Waals surface area (Å²) in [4.78, 5) is 25.3. The fourth-order valence-electron chi connectivity index (χ4n) is 3.41. The van der Waals surface area contributed by atoms with Gasteiger partial charge in [-0.2, -0.15) is 5.10 Å². The van der Waals surface area contributed by atoms with Crippen molar-refractivity contribution in [3.05, 3.63) is 106 Å². The molecule has 0 saturated heterocycles. The summed E-state index contributed by atoms with van der Waals surface area (Å²) >= 11 is 12.0. The summed E-state index contributed by atoms with van der Waals surface area (Å²) < 4.78 is 11.3. The standard InChI is InChI=1S/C28H22Cl2N2O4/c1-17-7-9-20(10-8-17)28(34)36-25-13-11-19-5-3-4-6-22(19)23(25)16-31-32-27(33)18(2)35-26-14-12-21(29)15-24(26)30/h3-16,18H,1-2H3,(H,32,33)/b31-16-/t18-/m0/s1. The lowest BCUT2D eigenvalue weighted by molar-refractivity contribution is -0.127. The zero-order chi connectivity index (χ0) is 25.7. The molecule has 0 radical (unpaired) electrons. The molecule has 0 fully saturated rings. The van der Waals surface area contributed by atoms with Crippen LogP contribution in [0.3, 0.4) is 0 Å². The predicted molar refractivity (Wildman–Crippen MR) is 142 cm³/mol. The van der Waals surface area contributed by atoms with Crippen molar-refractivity contribution < 1.29 is 19.1 Å². The highest BCUT2D eigenvalue weighted by Crippen LogP contribution is 2.29. The number of carbonyl (C=O) groups is 2. The molecular formula is C28H22Cl2N2O4. The van der Waals surface area contributed by atoms with Crippen LogP contribution >= 0.6 is 23.2 Å². The van der Waals surface area contributed by atoms with Crippen molar-refractivity contribution in [2.24, 2.45) is 5.10 Å². The van der Waals surface area contributed by atoms with E-state index in [1.165, 1.54) is 12.3 Å². The molecule has 6 nitrogen and oxygen atoms in total. The van der Waals surface area contributed by atoms with Crippen molar-refractivity contribution in [2.75, 3.05) is 0 Å². The number of hydrazone groups is 1. The first kappa shape index (κ1) is 25.2. The number of nitrogens with zero attached hydrogens (tertiary/aromatic N) is 1. The normalized spacial score (nSPS) is 11.9. The molecule has 0 unspecified atom stereocenters. The SMILES string of the molecule is Cc1ccc(C(=O)Oc2ccc3ccccc3c2/C=N\NC(=O)[C@H](C)Oc2ccc(Cl)cc2Cl)cc1. The van der Waals surface area contributed by atoms with Crippen molar-refractivity contribution >= 4 is 52.1 Å². The fourth-order valence-corrected chi connectivity index (χ4v) is 3.87. The number of ether oxygens (including phenoxy) is 2. The highest BCUT2D eigenvalue weighted by molar-refractivity contribution is 6.35. The van der Waals surface area contributed by atoms with Crippen molar-refractivity contribution in [3.63, 3.8) is 0 Å². The molecule has 1 atom stereocenters. The van der Waals surface area contributed by atoms with E-state index in [1.807, 2.05) is 49.4 Å². The zero-order valence-electron chi connectivity index (χ0n) is 19.5. The summed E-state index contributed by atoms with van der Waals surface area (Å²) in [5.74, 6) is -0.344. The second-order valence-corrected chi connectivity index (χ2v) is 8.87. The van der Waals surface area contributed by atoms with Crippen molar-refractivity contribution in [2.45, 2.75) is 20.0 Å². The van der Waals surface area contributed by atoms with Crippen molar-refractivity contribution in [1.29, 1.82) is 0 Å². The van der Waals surface area contributed by atoms with Gasteiger partial charge in [-0.3, -0.25) is 4.79 Å². The maximum Gasteiger partial charge on any atom is 0.343 e. The third-order valence-electron chi connectivity index (χ3n) is 5.36. The molecule has 0 spiro atoms. The molecule has 8 heteroatoms. The maximum atomic E-state index is 12.7. The Morgan fingerprint density at radius 1 is 0.944 bits per heavy atom. The Morgan fingerprint density at radius 2 is 1.67 bits per heavy atom. The summed E-state index contributed by atoms with van der Waals surface area (Å²) in [5.41, 5.74) is 4.47. The van der Waals surface area contributed by atoms with Gasteiger partial charge in [-0.05, 0) is 61.0 Å². The predicted octanol–water partition coefficient (Wildman–Crippen LogP) is 6.59. The van der Waals surface area contributed by atoms with Gasteiger partial charge in [0.15, 0.2) is 6.10 Å². The number of rotatable bonds is 7. The Labute approximate surface area is 218 Å². The zero-order valence-corrected chi connectivity index (χ0v) is 21.0. The van der Waals surface area contributed by atoms with Gasteiger partial charge in [-0.1, -0.05) is 71.2 Å². The van der Waals surface area contributed by atoms with E-state index in [-0.39, 0.29) is 0 Å². The van der Waals surface area contributed by atoms with E-state index in [0.29, 0.717) is 32.7 Å². The maximum absolute atomic E-state index is 12.7. The summed E-state index contributed by atoms with van der Waals surface area (Å²) in [7, 11) is 0. The molecule has 1 amide bonds. The minimum atomic E-state index is -0.882. The Morgan fingerprint density at radius 3 is 2.42 bits per heavy atom. The third-order valence-corrected chi connectivity index (χ3v) is 5.89. The Bertz CT molecular complexity index is 1450. The molecular weight excluding hydrogens is 499 g/mol. The number of hydrogen-bond acceptors (Lipinski definition) is 5. The summed E-state index contributed by atoms with van der Waals surface area (Å²) in [6.07, 6.45) is 0.562. The number of aryl methyl sites for hydroxylation is 1. The molecule has 36 heavy (non-hydrogen) atoms. The number of esters is 1. The first-order valence-corrected chi connectivity index (χ1v) is 11.8. The monoisotopic (exact) mass is 520 g/mol. The van der Waals surface area contributed by atoms with Crippen LogP contribution < -0.4 is 14.9 Å². The van der Waals surface area contributed by atoms with Crippen LogP contribution in [-0.2, 0) is 4.79 Å². The number of carbonyl (C=O) groups excluding carboxylic acids is 2. The van der Waals surface area contributed by atoms with E-state index in [4.69, 9.17) is 32.7 Å². The molecule has 0 aliphatic heterocycles. The molecule has 0 saturated carbocycles. The molecule has 0 heterocycles. The number of fused-ring (bicyclic) bond motifs is 1.